The molecule has 0 spiro atoms. The molecule has 3 heterocycles. The van der Waals surface area contributed by atoms with Crippen LogP contribution in [-0.2, 0) is 20.6 Å². The molecule has 0 bridgehead atoms. The summed E-state index contributed by atoms with van der Waals surface area (Å²) in [6, 6.07) is 2.08. The first-order chi connectivity index (χ1) is 12.7. The molecule has 7 nitrogen and oxygen atoms in total. The number of imide groups is 1. The van der Waals surface area contributed by atoms with Gasteiger partial charge >= 0.3 is 6.18 Å². The van der Waals surface area contributed by atoms with E-state index in [-0.39, 0.29) is 49.1 Å². The zero-order valence-corrected chi connectivity index (χ0v) is 14.4. The van der Waals surface area contributed by atoms with Crippen LogP contribution in [0.15, 0.2) is 18.3 Å². The zero-order valence-electron chi connectivity index (χ0n) is 14.4. The number of nitrogens with zero attached hydrogens (tertiary/aromatic N) is 3. The van der Waals surface area contributed by atoms with Crippen molar-refractivity contribution in [3.8, 4) is 5.88 Å². The second-order valence-electron chi connectivity index (χ2n) is 6.45. The van der Waals surface area contributed by atoms with Gasteiger partial charge in [-0.05, 0) is 6.07 Å². The van der Waals surface area contributed by atoms with Crippen LogP contribution in [0.1, 0.15) is 31.2 Å². The molecule has 0 atom stereocenters. The highest BCUT2D eigenvalue weighted by Crippen LogP contribution is 2.29. The molecule has 0 N–H and O–H groups in total. The van der Waals surface area contributed by atoms with Gasteiger partial charge in [-0.25, -0.2) is 4.98 Å². The molecule has 0 aromatic carbocycles. The minimum Gasteiger partial charge on any atom is -0.474 e. The molecule has 1 aromatic rings. The van der Waals surface area contributed by atoms with Crippen LogP contribution in [0, 0.1) is 0 Å². The standard InChI is InChI=1S/C17H18F3N3O4/c18-17(19,20)11-1-2-13(21-9-11)27-12-5-7-22(8-6-12)16(26)10-23-14(24)3-4-15(23)25/h1-2,9,12H,3-8,10H2. The van der Waals surface area contributed by atoms with Crippen molar-refractivity contribution >= 4 is 17.7 Å². The summed E-state index contributed by atoms with van der Waals surface area (Å²) in [5.74, 6) is -0.870. The predicted octanol–water partition coefficient (Wildman–Crippen LogP) is 1.62. The molecular formula is C17H18F3N3O4. The smallest absolute Gasteiger partial charge is 0.417 e. The molecule has 27 heavy (non-hydrogen) atoms. The van der Waals surface area contributed by atoms with Crippen LogP contribution in [0.3, 0.4) is 0 Å². The summed E-state index contributed by atoms with van der Waals surface area (Å²) in [6.45, 7) is 0.504. The molecule has 2 fully saturated rings. The van der Waals surface area contributed by atoms with Crippen molar-refractivity contribution < 1.29 is 32.3 Å². The number of hydrogen-bond donors (Lipinski definition) is 0. The number of piperidine rings is 1. The Bertz CT molecular complexity index is 712. The van der Waals surface area contributed by atoms with E-state index < -0.39 is 11.7 Å². The molecule has 0 saturated carbocycles. The first-order valence-electron chi connectivity index (χ1n) is 8.55. The van der Waals surface area contributed by atoms with E-state index in [4.69, 9.17) is 4.74 Å². The average Bonchev–Trinajstić information content (AvgIpc) is 2.94. The van der Waals surface area contributed by atoms with Crippen molar-refractivity contribution in [2.45, 2.75) is 38.0 Å². The van der Waals surface area contributed by atoms with Crippen LogP contribution in [0.25, 0.3) is 0 Å². The molecule has 2 saturated heterocycles. The SMILES string of the molecule is O=C(CN1C(=O)CCC1=O)N1CCC(Oc2ccc(C(F)(F)F)cn2)CC1. The van der Waals surface area contributed by atoms with Crippen LogP contribution in [0.4, 0.5) is 13.2 Å². The monoisotopic (exact) mass is 385 g/mol. The van der Waals surface area contributed by atoms with E-state index in [2.05, 4.69) is 4.98 Å². The number of carbonyl (C=O) groups is 3. The van der Waals surface area contributed by atoms with Gasteiger partial charge < -0.3 is 9.64 Å². The van der Waals surface area contributed by atoms with Gasteiger partial charge in [0.2, 0.25) is 23.6 Å². The van der Waals surface area contributed by atoms with E-state index in [9.17, 15) is 27.6 Å². The molecule has 0 aliphatic carbocycles. The van der Waals surface area contributed by atoms with E-state index in [1.807, 2.05) is 0 Å². The van der Waals surface area contributed by atoms with Gasteiger partial charge in [-0.15, -0.1) is 0 Å². The number of rotatable bonds is 4. The molecule has 0 unspecified atom stereocenters. The fraction of sp³-hybridized carbons (Fsp3) is 0.529. The van der Waals surface area contributed by atoms with Crippen molar-refractivity contribution in [1.82, 2.24) is 14.8 Å². The lowest BCUT2D eigenvalue weighted by Gasteiger charge is -2.32. The Hall–Kier alpha value is -2.65. The quantitative estimate of drug-likeness (QED) is 0.736. The summed E-state index contributed by atoms with van der Waals surface area (Å²) in [6.07, 6.45) is -2.75. The van der Waals surface area contributed by atoms with Crippen LogP contribution >= 0.6 is 0 Å². The Morgan fingerprint density at radius 2 is 1.78 bits per heavy atom. The van der Waals surface area contributed by atoms with E-state index in [1.54, 1.807) is 4.90 Å². The van der Waals surface area contributed by atoms with Gasteiger partial charge in [-0.1, -0.05) is 0 Å². The maximum atomic E-state index is 12.5. The molecule has 0 radical (unpaired) electrons. The van der Waals surface area contributed by atoms with Gasteiger partial charge in [0.15, 0.2) is 0 Å². The van der Waals surface area contributed by atoms with Crippen LogP contribution < -0.4 is 4.74 Å². The van der Waals surface area contributed by atoms with Gasteiger partial charge in [-0.2, -0.15) is 13.2 Å². The summed E-state index contributed by atoms with van der Waals surface area (Å²) < 4.78 is 43.2. The van der Waals surface area contributed by atoms with Crippen LogP contribution in [0.5, 0.6) is 5.88 Å². The second kappa shape index (κ2) is 7.53. The molecule has 1 aromatic heterocycles. The number of pyridine rings is 1. The molecule has 2 aliphatic heterocycles. The number of alkyl halides is 3. The number of hydrogen-bond acceptors (Lipinski definition) is 5. The fourth-order valence-electron chi connectivity index (χ4n) is 3.05. The van der Waals surface area contributed by atoms with Gasteiger partial charge in [0.25, 0.3) is 0 Å². The summed E-state index contributed by atoms with van der Waals surface area (Å²) in [7, 11) is 0. The minimum absolute atomic E-state index is 0.0982. The van der Waals surface area contributed by atoms with Crippen molar-refractivity contribution in [2.75, 3.05) is 19.6 Å². The van der Waals surface area contributed by atoms with Gasteiger partial charge in [0, 0.05) is 51.0 Å². The van der Waals surface area contributed by atoms with Gasteiger partial charge in [0.1, 0.15) is 12.6 Å². The first-order valence-corrected chi connectivity index (χ1v) is 8.55. The highest BCUT2D eigenvalue weighted by molar-refractivity contribution is 6.04. The van der Waals surface area contributed by atoms with Gasteiger partial charge in [-0.3, -0.25) is 19.3 Å². The number of likely N-dealkylation sites (tertiary alicyclic amines) is 2. The normalized spacial score (nSPS) is 18.9. The number of aromatic nitrogens is 1. The van der Waals surface area contributed by atoms with E-state index in [1.165, 1.54) is 6.07 Å². The Morgan fingerprint density at radius 3 is 2.30 bits per heavy atom. The third kappa shape index (κ3) is 4.55. The van der Waals surface area contributed by atoms with Crippen LogP contribution in [0.2, 0.25) is 0 Å². The lowest BCUT2D eigenvalue weighted by atomic mass is 10.1. The van der Waals surface area contributed by atoms with E-state index in [0.29, 0.717) is 25.9 Å². The summed E-state index contributed by atoms with van der Waals surface area (Å²) in [5, 5.41) is 0. The Kier molecular flexibility index (Phi) is 5.33. The van der Waals surface area contributed by atoms with Crippen molar-refractivity contribution in [3.63, 3.8) is 0 Å². The van der Waals surface area contributed by atoms with Crippen molar-refractivity contribution in [3.05, 3.63) is 23.9 Å². The Labute approximate surface area is 153 Å². The Balaban J connectivity index is 1.48. The first kappa shape index (κ1) is 19.1. The third-order valence-corrected chi connectivity index (χ3v) is 4.59. The predicted molar refractivity (Wildman–Crippen MR) is 85.4 cm³/mol. The summed E-state index contributed by atoms with van der Waals surface area (Å²) in [5.41, 5.74) is -0.846. The topological polar surface area (TPSA) is 79.8 Å². The summed E-state index contributed by atoms with van der Waals surface area (Å²) in [4.78, 5) is 41.6. The molecule has 10 heteroatoms. The molecule has 3 rings (SSSR count). The number of amides is 3. The fourth-order valence-corrected chi connectivity index (χ4v) is 3.05. The lowest BCUT2D eigenvalue weighted by Crippen LogP contribution is -2.47. The minimum atomic E-state index is -4.45. The average molecular weight is 385 g/mol. The number of ether oxygens (including phenoxy) is 1. The second-order valence-corrected chi connectivity index (χ2v) is 6.45. The largest absolute Gasteiger partial charge is 0.474 e. The highest BCUT2D eigenvalue weighted by atomic mass is 19.4. The van der Waals surface area contributed by atoms with Crippen LogP contribution in [-0.4, -0.2) is 58.2 Å². The maximum Gasteiger partial charge on any atom is 0.417 e. The molecule has 2 aliphatic rings. The third-order valence-electron chi connectivity index (χ3n) is 4.59. The molecule has 3 amide bonds. The van der Waals surface area contributed by atoms with E-state index >= 15 is 0 Å². The Morgan fingerprint density at radius 1 is 1.15 bits per heavy atom. The van der Waals surface area contributed by atoms with Crippen molar-refractivity contribution in [2.24, 2.45) is 0 Å². The molecular weight excluding hydrogens is 367 g/mol. The van der Waals surface area contributed by atoms with E-state index in [0.717, 1.165) is 17.2 Å². The highest BCUT2D eigenvalue weighted by Gasteiger charge is 2.33. The maximum absolute atomic E-state index is 12.5. The number of carbonyl (C=O) groups excluding carboxylic acids is 3. The summed E-state index contributed by atoms with van der Waals surface area (Å²) >= 11 is 0. The lowest BCUT2D eigenvalue weighted by molar-refractivity contribution is -0.146. The zero-order chi connectivity index (χ0) is 19.6. The van der Waals surface area contributed by atoms with Crippen molar-refractivity contribution in [1.29, 1.82) is 0 Å². The molecule has 146 valence electrons. The van der Waals surface area contributed by atoms with Gasteiger partial charge in [0.05, 0.1) is 5.56 Å². The number of halogens is 3.